The average molecular weight is 734 g/mol. The lowest BCUT2D eigenvalue weighted by Gasteiger charge is -2.08. The van der Waals surface area contributed by atoms with Gasteiger partial charge in [0, 0.05) is 51.2 Å². The van der Waals surface area contributed by atoms with Gasteiger partial charge in [0.1, 0.15) is 29.5 Å². The van der Waals surface area contributed by atoms with Crippen molar-refractivity contribution in [2.75, 3.05) is 0 Å². The highest BCUT2D eigenvalue weighted by Crippen LogP contribution is 2.39. The van der Waals surface area contributed by atoms with Crippen LogP contribution in [0.25, 0.3) is 111 Å². The van der Waals surface area contributed by atoms with Crippen molar-refractivity contribution in [1.29, 1.82) is 0 Å². The van der Waals surface area contributed by atoms with E-state index in [0.717, 1.165) is 99.3 Å². The molecule has 0 radical (unpaired) electrons. The lowest BCUT2D eigenvalue weighted by molar-refractivity contribution is 0.669. The second-order valence-electron chi connectivity index (χ2n) is 14.0. The van der Waals surface area contributed by atoms with E-state index in [4.69, 9.17) is 9.40 Å². The Bertz CT molecular complexity index is 3520. The van der Waals surface area contributed by atoms with Crippen LogP contribution in [-0.4, -0.2) is 44.0 Å². The van der Waals surface area contributed by atoms with E-state index >= 15 is 0 Å². The molecular formula is C47H27N9O. The number of furan rings is 1. The van der Waals surface area contributed by atoms with Gasteiger partial charge in [0.05, 0.1) is 33.8 Å². The molecule has 5 aromatic carbocycles. The molecule has 10 heteroatoms. The van der Waals surface area contributed by atoms with E-state index in [1.165, 1.54) is 12.7 Å². The fraction of sp³-hybridized carbons (Fsp3) is 0. The van der Waals surface area contributed by atoms with E-state index in [9.17, 15) is 0 Å². The summed E-state index contributed by atoms with van der Waals surface area (Å²) in [7, 11) is 0. The Morgan fingerprint density at radius 1 is 0.439 bits per heavy atom. The minimum absolute atomic E-state index is 0.553. The summed E-state index contributed by atoms with van der Waals surface area (Å²) in [6.07, 6.45) is 10.2. The Morgan fingerprint density at radius 2 is 1.07 bits per heavy atom. The van der Waals surface area contributed by atoms with Crippen molar-refractivity contribution < 1.29 is 4.42 Å². The van der Waals surface area contributed by atoms with Crippen molar-refractivity contribution in [3.8, 4) is 45.4 Å². The SMILES string of the molecule is c1ccc(-n2c3ccc(-c4ccc5oc6ccc(-c7ccc8c(c7)c7ccncc7n8-c7ncncn7)cc6c5c4)cc3c3nc(-c4ncccn4)ccc32)cc1. The number of pyridine rings is 2. The maximum atomic E-state index is 6.40. The Balaban J connectivity index is 0.995. The van der Waals surface area contributed by atoms with E-state index in [-0.39, 0.29) is 0 Å². The van der Waals surface area contributed by atoms with Crippen molar-refractivity contribution >= 4 is 65.7 Å². The fourth-order valence-corrected chi connectivity index (χ4v) is 8.22. The summed E-state index contributed by atoms with van der Waals surface area (Å²) < 4.78 is 10.7. The molecule has 0 N–H and O–H groups in total. The molecule has 7 aromatic heterocycles. The summed E-state index contributed by atoms with van der Waals surface area (Å²) in [6, 6.07) is 44.3. The number of nitrogens with zero attached hydrogens (tertiary/aromatic N) is 9. The Labute approximate surface area is 323 Å². The highest BCUT2D eigenvalue weighted by Gasteiger charge is 2.19. The molecule has 0 aliphatic rings. The normalized spacial score (nSPS) is 11.9. The number of para-hydroxylation sites is 1. The molecule has 12 rings (SSSR count). The van der Waals surface area contributed by atoms with Crippen LogP contribution in [0.3, 0.4) is 0 Å². The third-order valence-corrected chi connectivity index (χ3v) is 10.8. The van der Waals surface area contributed by atoms with Gasteiger partial charge in [-0.25, -0.2) is 29.9 Å². The van der Waals surface area contributed by atoms with Crippen LogP contribution in [0.5, 0.6) is 0 Å². The van der Waals surface area contributed by atoms with Crippen molar-refractivity contribution in [3.05, 3.63) is 165 Å². The molecule has 0 saturated heterocycles. The molecule has 0 saturated carbocycles. The Morgan fingerprint density at radius 3 is 1.79 bits per heavy atom. The first kappa shape index (κ1) is 31.3. The predicted octanol–water partition coefficient (Wildman–Crippen LogP) is 10.5. The van der Waals surface area contributed by atoms with Crippen LogP contribution in [0.4, 0.5) is 0 Å². The van der Waals surface area contributed by atoms with Gasteiger partial charge in [0.15, 0.2) is 5.82 Å². The number of aromatic nitrogens is 9. The molecule has 57 heavy (non-hydrogen) atoms. The lowest BCUT2D eigenvalue weighted by atomic mass is 9.99. The van der Waals surface area contributed by atoms with E-state index < -0.39 is 0 Å². The van der Waals surface area contributed by atoms with Gasteiger partial charge in [0.25, 0.3) is 0 Å². The van der Waals surface area contributed by atoms with Crippen LogP contribution >= 0.6 is 0 Å². The van der Waals surface area contributed by atoms with E-state index in [1.807, 2.05) is 41.2 Å². The summed E-state index contributed by atoms with van der Waals surface area (Å²) in [5.41, 5.74) is 12.7. The number of hydrogen-bond acceptors (Lipinski definition) is 8. The zero-order chi connectivity index (χ0) is 37.5. The molecule has 0 aliphatic heterocycles. The third kappa shape index (κ3) is 4.87. The van der Waals surface area contributed by atoms with E-state index in [1.54, 1.807) is 12.4 Å². The Hall–Kier alpha value is -8.11. The molecule has 10 nitrogen and oxygen atoms in total. The van der Waals surface area contributed by atoms with Crippen LogP contribution in [0.1, 0.15) is 0 Å². The molecule has 266 valence electrons. The van der Waals surface area contributed by atoms with Crippen LogP contribution in [-0.2, 0) is 0 Å². The molecule has 12 aromatic rings. The maximum Gasteiger partial charge on any atom is 0.237 e. The second-order valence-corrected chi connectivity index (χ2v) is 14.0. The first-order valence-corrected chi connectivity index (χ1v) is 18.5. The molecule has 0 unspecified atom stereocenters. The third-order valence-electron chi connectivity index (χ3n) is 10.8. The summed E-state index contributed by atoms with van der Waals surface area (Å²) in [4.78, 5) is 31.4. The molecule has 0 aliphatic carbocycles. The van der Waals surface area contributed by atoms with Crippen molar-refractivity contribution in [1.82, 2.24) is 44.0 Å². The zero-order valence-corrected chi connectivity index (χ0v) is 30.0. The molecule has 0 spiro atoms. The van der Waals surface area contributed by atoms with Crippen molar-refractivity contribution in [2.24, 2.45) is 0 Å². The molecule has 0 amide bonds. The topological polar surface area (TPSA) is 113 Å². The fourth-order valence-electron chi connectivity index (χ4n) is 8.22. The highest BCUT2D eigenvalue weighted by atomic mass is 16.3. The number of rotatable bonds is 5. The van der Waals surface area contributed by atoms with E-state index in [0.29, 0.717) is 11.8 Å². The van der Waals surface area contributed by atoms with Gasteiger partial charge in [-0.2, -0.15) is 0 Å². The quantitative estimate of drug-likeness (QED) is 0.172. The zero-order valence-electron chi connectivity index (χ0n) is 30.0. The van der Waals surface area contributed by atoms with Crippen LogP contribution in [0.2, 0.25) is 0 Å². The molecule has 0 atom stereocenters. The monoisotopic (exact) mass is 733 g/mol. The summed E-state index contributed by atoms with van der Waals surface area (Å²) >= 11 is 0. The second kappa shape index (κ2) is 12.2. The Kier molecular flexibility index (Phi) is 6.69. The molecule has 0 bridgehead atoms. The molecular weight excluding hydrogens is 707 g/mol. The first-order chi connectivity index (χ1) is 28.2. The molecule has 0 fully saturated rings. The maximum absolute atomic E-state index is 6.40. The van der Waals surface area contributed by atoms with Gasteiger partial charge in [-0.05, 0) is 107 Å². The standard InChI is InChI=1S/C47H27N9O/c1-2-5-32(6-3-1)55-40-13-8-29(24-37(40)45-41(55)14-11-38(54-45)46-50-18-4-19-51-46)31-10-16-44-36(23-31)35-22-30(9-15-43(35)57-44)28-7-12-39-34(21-28)33-17-20-48-25-42(33)56(39)47-52-26-49-27-53-47/h1-27H. The van der Waals surface area contributed by atoms with Gasteiger partial charge in [-0.3, -0.25) is 9.55 Å². The van der Waals surface area contributed by atoms with Crippen LogP contribution in [0, 0.1) is 0 Å². The minimum Gasteiger partial charge on any atom is -0.456 e. The van der Waals surface area contributed by atoms with Gasteiger partial charge < -0.3 is 8.98 Å². The summed E-state index contributed by atoms with van der Waals surface area (Å²) in [5, 5.41) is 5.32. The minimum atomic E-state index is 0.553. The van der Waals surface area contributed by atoms with Gasteiger partial charge in [0.2, 0.25) is 5.95 Å². The number of benzene rings is 5. The first-order valence-electron chi connectivity index (χ1n) is 18.5. The van der Waals surface area contributed by atoms with Crippen molar-refractivity contribution in [3.63, 3.8) is 0 Å². The van der Waals surface area contributed by atoms with Crippen molar-refractivity contribution in [2.45, 2.75) is 0 Å². The number of hydrogen-bond donors (Lipinski definition) is 0. The van der Waals surface area contributed by atoms with Gasteiger partial charge >= 0.3 is 0 Å². The van der Waals surface area contributed by atoms with Gasteiger partial charge in [-0.15, -0.1) is 0 Å². The largest absolute Gasteiger partial charge is 0.456 e. The highest BCUT2D eigenvalue weighted by molar-refractivity contribution is 6.12. The average Bonchev–Trinajstić information content (AvgIpc) is 3.93. The van der Waals surface area contributed by atoms with Gasteiger partial charge in [-0.1, -0.05) is 42.5 Å². The number of fused-ring (bicyclic) bond motifs is 9. The van der Waals surface area contributed by atoms with Crippen LogP contribution in [0.15, 0.2) is 169 Å². The lowest BCUT2D eigenvalue weighted by Crippen LogP contribution is -2.00. The summed E-state index contributed by atoms with van der Waals surface area (Å²) in [6.45, 7) is 0. The smallest absolute Gasteiger partial charge is 0.237 e. The summed E-state index contributed by atoms with van der Waals surface area (Å²) in [5.74, 6) is 1.15. The predicted molar refractivity (Wildman–Crippen MR) is 223 cm³/mol. The van der Waals surface area contributed by atoms with E-state index in [2.05, 4.69) is 138 Å². The molecule has 7 heterocycles. The van der Waals surface area contributed by atoms with Crippen LogP contribution < -0.4 is 0 Å².